The third-order valence-corrected chi connectivity index (χ3v) is 3.96. The third kappa shape index (κ3) is 3.66. The molecule has 0 saturated heterocycles. The SMILES string of the molecule is Cc1cc(C)c(NC(=O)c2cc(C(C)C)n(C(C)(C)C)n2)c(C)n1. The summed E-state index contributed by atoms with van der Waals surface area (Å²) in [6.07, 6.45) is 0. The van der Waals surface area contributed by atoms with Crippen LogP contribution in [0.5, 0.6) is 0 Å². The number of hydrogen-bond donors (Lipinski definition) is 1. The van der Waals surface area contributed by atoms with E-state index < -0.39 is 0 Å². The average molecular weight is 328 g/mol. The molecule has 0 aliphatic carbocycles. The Morgan fingerprint density at radius 3 is 2.25 bits per heavy atom. The number of pyridine rings is 1. The first-order chi connectivity index (χ1) is 11.0. The van der Waals surface area contributed by atoms with E-state index in [0.29, 0.717) is 11.6 Å². The quantitative estimate of drug-likeness (QED) is 0.912. The number of rotatable bonds is 3. The minimum Gasteiger partial charge on any atom is -0.319 e. The maximum atomic E-state index is 12.7. The molecule has 0 saturated carbocycles. The number of anilines is 1. The fourth-order valence-corrected chi connectivity index (χ4v) is 2.85. The molecule has 0 atom stereocenters. The van der Waals surface area contributed by atoms with E-state index >= 15 is 0 Å². The van der Waals surface area contributed by atoms with Crippen LogP contribution in [0.25, 0.3) is 0 Å². The number of nitrogens with one attached hydrogen (secondary N) is 1. The number of amides is 1. The molecule has 5 nitrogen and oxygen atoms in total. The van der Waals surface area contributed by atoms with Crippen molar-refractivity contribution in [2.45, 2.75) is 66.8 Å². The zero-order valence-electron chi connectivity index (χ0n) is 16.0. The van der Waals surface area contributed by atoms with Crippen molar-refractivity contribution < 1.29 is 4.79 Å². The summed E-state index contributed by atoms with van der Waals surface area (Å²) in [7, 11) is 0. The van der Waals surface area contributed by atoms with Gasteiger partial charge in [0, 0.05) is 11.4 Å². The Morgan fingerprint density at radius 1 is 1.17 bits per heavy atom. The molecule has 2 rings (SSSR count). The summed E-state index contributed by atoms with van der Waals surface area (Å²) in [4.78, 5) is 17.1. The highest BCUT2D eigenvalue weighted by Gasteiger charge is 2.24. The van der Waals surface area contributed by atoms with Crippen LogP contribution in [0.3, 0.4) is 0 Å². The lowest BCUT2D eigenvalue weighted by Crippen LogP contribution is -2.26. The fraction of sp³-hybridized carbons (Fsp3) is 0.526. The molecular weight excluding hydrogens is 300 g/mol. The molecule has 0 spiro atoms. The molecule has 0 fully saturated rings. The van der Waals surface area contributed by atoms with E-state index in [1.165, 1.54) is 0 Å². The van der Waals surface area contributed by atoms with Gasteiger partial charge in [0.1, 0.15) is 0 Å². The Labute approximate surface area is 144 Å². The van der Waals surface area contributed by atoms with Gasteiger partial charge in [-0.1, -0.05) is 13.8 Å². The van der Waals surface area contributed by atoms with Crippen molar-refractivity contribution >= 4 is 11.6 Å². The van der Waals surface area contributed by atoms with Crippen LogP contribution >= 0.6 is 0 Å². The van der Waals surface area contributed by atoms with E-state index in [0.717, 1.165) is 28.3 Å². The van der Waals surface area contributed by atoms with Crippen LogP contribution in [0.15, 0.2) is 12.1 Å². The molecular formula is C19H28N4O. The predicted molar refractivity (Wildman–Crippen MR) is 97.7 cm³/mol. The Bertz CT molecular complexity index is 743. The average Bonchev–Trinajstić information content (AvgIpc) is 2.88. The molecule has 2 aromatic rings. The van der Waals surface area contributed by atoms with Gasteiger partial charge < -0.3 is 5.32 Å². The summed E-state index contributed by atoms with van der Waals surface area (Å²) >= 11 is 0. The van der Waals surface area contributed by atoms with Gasteiger partial charge in [0.15, 0.2) is 5.69 Å². The summed E-state index contributed by atoms with van der Waals surface area (Å²) in [6, 6.07) is 3.85. The molecule has 1 N–H and O–H groups in total. The summed E-state index contributed by atoms with van der Waals surface area (Å²) in [5, 5.41) is 7.54. The molecule has 0 aromatic carbocycles. The Kier molecular flexibility index (Phi) is 4.83. The van der Waals surface area contributed by atoms with Crippen molar-refractivity contribution in [2.24, 2.45) is 0 Å². The second-order valence-corrected chi connectivity index (χ2v) is 7.69. The highest BCUT2D eigenvalue weighted by molar-refractivity contribution is 6.03. The molecule has 0 radical (unpaired) electrons. The van der Waals surface area contributed by atoms with Crippen LogP contribution in [0.4, 0.5) is 5.69 Å². The maximum absolute atomic E-state index is 12.7. The van der Waals surface area contributed by atoms with Gasteiger partial charge >= 0.3 is 0 Å². The van der Waals surface area contributed by atoms with E-state index in [4.69, 9.17) is 0 Å². The summed E-state index contributed by atoms with van der Waals surface area (Å²) < 4.78 is 1.94. The van der Waals surface area contributed by atoms with Crippen LogP contribution in [-0.4, -0.2) is 20.7 Å². The molecule has 2 aromatic heterocycles. The monoisotopic (exact) mass is 328 g/mol. The first kappa shape index (κ1) is 18.2. The lowest BCUT2D eigenvalue weighted by atomic mass is 10.1. The molecule has 0 aliphatic rings. The first-order valence-electron chi connectivity index (χ1n) is 8.37. The number of hydrogen-bond acceptors (Lipinski definition) is 3. The van der Waals surface area contributed by atoms with Gasteiger partial charge in [-0.3, -0.25) is 14.5 Å². The van der Waals surface area contributed by atoms with Crippen LogP contribution in [0.2, 0.25) is 0 Å². The van der Waals surface area contributed by atoms with E-state index in [-0.39, 0.29) is 11.4 Å². The normalized spacial score (nSPS) is 11.9. The number of carbonyl (C=O) groups excluding carboxylic acids is 1. The van der Waals surface area contributed by atoms with Crippen LogP contribution in [-0.2, 0) is 5.54 Å². The molecule has 5 heteroatoms. The second kappa shape index (κ2) is 6.38. The van der Waals surface area contributed by atoms with E-state index in [1.54, 1.807) is 0 Å². The summed E-state index contributed by atoms with van der Waals surface area (Å²) in [6.45, 7) is 16.3. The van der Waals surface area contributed by atoms with E-state index in [2.05, 4.69) is 50.0 Å². The molecule has 1 amide bonds. The zero-order chi connectivity index (χ0) is 18.2. The van der Waals surface area contributed by atoms with Gasteiger partial charge in [0.05, 0.1) is 16.9 Å². The highest BCUT2D eigenvalue weighted by Crippen LogP contribution is 2.25. The standard InChI is InChI=1S/C19H28N4O/c1-11(2)16-10-15(22-23(16)19(6,7)8)18(24)21-17-12(3)9-13(4)20-14(17)5/h9-11H,1-8H3,(H,21,24). The second-order valence-electron chi connectivity index (χ2n) is 7.69. The fourth-order valence-electron chi connectivity index (χ4n) is 2.85. The first-order valence-corrected chi connectivity index (χ1v) is 8.37. The van der Waals surface area contributed by atoms with Crippen molar-refractivity contribution in [3.05, 3.63) is 40.5 Å². The largest absolute Gasteiger partial charge is 0.319 e. The molecule has 0 unspecified atom stereocenters. The van der Waals surface area contributed by atoms with Crippen LogP contribution < -0.4 is 5.32 Å². The summed E-state index contributed by atoms with van der Waals surface area (Å²) in [5.74, 6) is 0.0968. The summed E-state index contributed by atoms with van der Waals surface area (Å²) in [5.41, 5.74) is 4.86. The minimum absolute atomic E-state index is 0.171. The predicted octanol–water partition coefficient (Wildman–Crippen LogP) is 4.33. The number of carbonyl (C=O) groups is 1. The zero-order valence-corrected chi connectivity index (χ0v) is 16.0. The van der Waals surface area contributed by atoms with Crippen molar-refractivity contribution in [3.63, 3.8) is 0 Å². The minimum atomic E-state index is -0.197. The maximum Gasteiger partial charge on any atom is 0.276 e. The molecule has 130 valence electrons. The van der Waals surface area contributed by atoms with Gasteiger partial charge in [0.2, 0.25) is 0 Å². The Morgan fingerprint density at radius 2 is 1.79 bits per heavy atom. The lowest BCUT2D eigenvalue weighted by Gasteiger charge is -2.23. The Hall–Kier alpha value is -2.17. The molecule has 0 bridgehead atoms. The smallest absolute Gasteiger partial charge is 0.276 e. The van der Waals surface area contributed by atoms with E-state index in [1.807, 2.05) is 37.6 Å². The van der Waals surface area contributed by atoms with Crippen molar-refractivity contribution in [3.8, 4) is 0 Å². The topological polar surface area (TPSA) is 59.8 Å². The van der Waals surface area contributed by atoms with Gasteiger partial charge in [-0.05, 0) is 65.2 Å². The van der Waals surface area contributed by atoms with Crippen molar-refractivity contribution in [2.75, 3.05) is 5.32 Å². The van der Waals surface area contributed by atoms with E-state index in [9.17, 15) is 4.79 Å². The number of aryl methyl sites for hydroxylation is 3. The van der Waals surface area contributed by atoms with Crippen LogP contribution in [0, 0.1) is 20.8 Å². The molecule has 0 aliphatic heterocycles. The molecule has 24 heavy (non-hydrogen) atoms. The van der Waals surface area contributed by atoms with Gasteiger partial charge in [0.25, 0.3) is 5.91 Å². The number of nitrogens with zero attached hydrogens (tertiary/aromatic N) is 3. The number of aromatic nitrogens is 3. The van der Waals surface area contributed by atoms with Gasteiger partial charge in [-0.25, -0.2) is 0 Å². The van der Waals surface area contributed by atoms with Crippen molar-refractivity contribution in [1.82, 2.24) is 14.8 Å². The van der Waals surface area contributed by atoms with Crippen LogP contribution in [0.1, 0.15) is 73.7 Å². The van der Waals surface area contributed by atoms with Gasteiger partial charge in [-0.2, -0.15) is 5.10 Å². The molecule has 2 heterocycles. The van der Waals surface area contributed by atoms with Crippen molar-refractivity contribution in [1.29, 1.82) is 0 Å². The third-order valence-electron chi connectivity index (χ3n) is 3.96. The Balaban J connectivity index is 2.38. The lowest BCUT2D eigenvalue weighted by molar-refractivity contribution is 0.102. The van der Waals surface area contributed by atoms with Gasteiger partial charge in [-0.15, -0.1) is 0 Å². The highest BCUT2D eigenvalue weighted by atomic mass is 16.2.